The van der Waals surface area contributed by atoms with Crippen LogP contribution in [-0.2, 0) is 0 Å². The van der Waals surface area contributed by atoms with Gasteiger partial charge in [-0.1, -0.05) is 6.07 Å². The summed E-state index contributed by atoms with van der Waals surface area (Å²) < 4.78 is 53.0. The van der Waals surface area contributed by atoms with Gasteiger partial charge in [0.15, 0.2) is 0 Å². The van der Waals surface area contributed by atoms with E-state index in [1.807, 2.05) is 0 Å². The molecule has 0 bridgehead atoms. The summed E-state index contributed by atoms with van der Waals surface area (Å²) in [4.78, 5) is 11.6. The van der Waals surface area contributed by atoms with Crippen LogP contribution in [0.15, 0.2) is 18.2 Å². The third-order valence-corrected chi connectivity index (χ3v) is 2.80. The topological polar surface area (TPSA) is 49.8 Å². The van der Waals surface area contributed by atoms with Gasteiger partial charge in [0.2, 0.25) is 0 Å². The second kappa shape index (κ2) is 4.60. The lowest BCUT2D eigenvalue weighted by atomic mass is 9.91. The Bertz CT molecular complexity index is 497. The van der Waals surface area contributed by atoms with Crippen LogP contribution < -0.4 is 4.74 Å². The zero-order valence-electron chi connectivity index (χ0n) is 9.45. The fourth-order valence-electron chi connectivity index (χ4n) is 1.87. The van der Waals surface area contributed by atoms with E-state index in [1.54, 1.807) is 0 Å². The number of halogens is 4. The van der Waals surface area contributed by atoms with E-state index in [9.17, 15) is 22.4 Å². The summed E-state index contributed by atoms with van der Waals surface area (Å²) in [5, 5.41) is 8.63. The number of likely N-dealkylation sites (tertiary alicyclic amines) is 1. The molecule has 1 heterocycles. The van der Waals surface area contributed by atoms with Crippen LogP contribution in [0.5, 0.6) is 5.75 Å². The molecule has 1 fully saturated rings. The number of ether oxygens (including phenoxy) is 1. The second-order valence-corrected chi connectivity index (χ2v) is 4.12. The van der Waals surface area contributed by atoms with Crippen LogP contribution in [0.25, 0.3) is 0 Å². The van der Waals surface area contributed by atoms with Gasteiger partial charge in [0, 0.05) is 25.1 Å². The zero-order chi connectivity index (χ0) is 14.2. The summed E-state index contributed by atoms with van der Waals surface area (Å²) >= 11 is 0. The van der Waals surface area contributed by atoms with Crippen molar-refractivity contribution in [3.8, 4) is 5.75 Å². The number of carbonyl (C=O) groups is 1. The second-order valence-electron chi connectivity index (χ2n) is 4.12. The first-order valence-electron chi connectivity index (χ1n) is 5.29. The lowest BCUT2D eigenvalue weighted by Gasteiger charge is -2.37. The minimum Gasteiger partial charge on any atom is -0.465 e. The van der Waals surface area contributed by atoms with E-state index >= 15 is 0 Å². The molecule has 4 nitrogen and oxygen atoms in total. The van der Waals surface area contributed by atoms with Crippen molar-refractivity contribution >= 4 is 6.09 Å². The molecule has 1 N–H and O–H groups in total. The van der Waals surface area contributed by atoms with Crippen LogP contribution in [0, 0.1) is 5.82 Å². The molecule has 1 aromatic rings. The molecule has 19 heavy (non-hydrogen) atoms. The number of benzene rings is 1. The smallest absolute Gasteiger partial charge is 0.465 e. The molecule has 0 unspecified atom stereocenters. The number of hydrogen-bond acceptors (Lipinski definition) is 2. The Morgan fingerprint density at radius 3 is 2.47 bits per heavy atom. The quantitative estimate of drug-likeness (QED) is 0.847. The van der Waals surface area contributed by atoms with Crippen LogP contribution in [0.3, 0.4) is 0 Å². The maximum absolute atomic E-state index is 13.6. The van der Waals surface area contributed by atoms with Crippen molar-refractivity contribution in [3.05, 3.63) is 29.6 Å². The van der Waals surface area contributed by atoms with Gasteiger partial charge in [-0.25, -0.2) is 9.18 Å². The molecule has 0 aromatic heterocycles. The molecule has 0 spiro atoms. The number of amides is 1. The molecule has 1 amide bonds. The molecule has 0 saturated carbocycles. The maximum Gasteiger partial charge on any atom is 0.573 e. The van der Waals surface area contributed by atoms with Crippen molar-refractivity contribution in [2.45, 2.75) is 12.3 Å². The standard InChI is InChI=1S/C11H9F4NO3/c12-9-3-7(19-11(13,14)15)1-2-8(9)6-4-16(5-6)10(17)18/h1-3,6H,4-5H2,(H,17,18). The number of carboxylic acid groups (broad SMARTS) is 1. The largest absolute Gasteiger partial charge is 0.573 e. The van der Waals surface area contributed by atoms with Gasteiger partial charge in [-0.3, -0.25) is 0 Å². The first kappa shape index (κ1) is 13.4. The Morgan fingerprint density at radius 2 is 2.00 bits per heavy atom. The fraction of sp³-hybridized carbons (Fsp3) is 0.364. The van der Waals surface area contributed by atoms with E-state index < -0.39 is 24.0 Å². The van der Waals surface area contributed by atoms with Gasteiger partial charge in [-0.2, -0.15) is 0 Å². The van der Waals surface area contributed by atoms with Gasteiger partial charge in [0.1, 0.15) is 11.6 Å². The average Bonchev–Trinajstić information content (AvgIpc) is 2.15. The predicted octanol–water partition coefficient (Wildman–Crippen LogP) is 2.80. The molecule has 2 rings (SSSR count). The fourth-order valence-corrected chi connectivity index (χ4v) is 1.87. The third kappa shape index (κ3) is 3.07. The van der Waals surface area contributed by atoms with Gasteiger partial charge < -0.3 is 14.7 Å². The average molecular weight is 279 g/mol. The summed E-state index contributed by atoms with van der Waals surface area (Å²) in [6.07, 6.45) is -5.97. The highest BCUT2D eigenvalue weighted by molar-refractivity contribution is 5.66. The Morgan fingerprint density at radius 1 is 1.37 bits per heavy atom. The molecule has 1 saturated heterocycles. The van der Waals surface area contributed by atoms with E-state index in [1.165, 1.54) is 6.07 Å². The molecule has 0 radical (unpaired) electrons. The van der Waals surface area contributed by atoms with Crippen LogP contribution in [0.2, 0.25) is 0 Å². The predicted molar refractivity (Wildman–Crippen MR) is 55.4 cm³/mol. The Balaban J connectivity index is 2.07. The highest BCUT2D eigenvalue weighted by Crippen LogP contribution is 2.32. The first-order chi connectivity index (χ1) is 8.76. The minimum absolute atomic E-state index is 0.131. The number of nitrogens with zero attached hydrogens (tertiary/aromatic N) is 1. The number of alkyl halides is 3. The van der Waals surface area contributed by atoms with E-state index in [0.717, 1.165) is 11.0 Å². The maximum atomic E-state index is 13.6. The summed E-state index contributed by atoms with van der Waals surface area (Å²) in [6.45, 7) is 0.261. The van der Waals surface area contributed by atoms with Crippen LogP contribution in [0.1, 0.15) is 11.5 Å². The zero-order valence-corrected chi connectivity index (χ0v) is 9.45. The summed E-state index contributed by atoms with van der Waals surface area (Å²) in [5.74, 6) is -1.81. The van der Waals surface area contributed by atoms with Crippen molar-refractivity contribution < 1.29 is 32.2 Å². The normalized spacial score (nSPS) is 16.1. The Labute approximate surface area is 105 Å². The van der Waals surface area contributed by atoms with E-state index in [4.69, 9.17) is 5.11 Å². The Kier molecular flexibility index (Phi) is 3.25. The summed E-state index contributed by atoms with van der Waals surface area (Å²) in [6, 6.07) is 2.84. The lowest BCUT2D eigenvalue weighted by molar-refractivity contribution is -0.274. The summed E-state index contributed by atoms with van der Waals surface area (Å²) in [5.41, 5.74) is 0.187. The molecule has 0 atom stereocenters. The van der Waals surface area contributed by atoms with Gasteiger partial charge in [-0.15, -0.1) is 13.2 Å². The highest BCUT2D eigenvalue weighted by Gasteiger charge is 2.34. The lowest BCUT2D eigenvalue weighted by Crippen LogP contribution is -2.48. The molecular weight excluding hydrogens is 270 g/mol. The van der Waals surface area contributed by atoms with E-state index in [-0.39, 0.29) is 24.6 Å². The van der Waals surface area contributed by atoms with Gasteiger partial charge in [0.05, 0.1) is 0 Å². The van der Waals surface area contributed by atoms with Crippen molar-refractivity contribution in [2.75, 3.05) is 13.1 Å². The van der Waals surface area contributed by atoms with E-state index in [2.05, 4.69) is 4.74 Å². The van der Waals surface area contributed by atoms with Crippen LogP contribution in [-0.4, -0.2) is 35.6 Å². The van der Waals surface area contributed by atoms with Gasteiger partial charge in [0.25, 0.3) is 0 Å². The van der Waals surface area contributed by atoms with Gasteiger partial charge >= 0.3 is 12.5 Å². The van der Waals surface area contributed by atoms with Crippen molar-refractivity contribution in [1.29, 1.82) is 0 Å². The van der Waals surface area contributed by atoms with Gasteiger partial charge in [-0.05, 0) is 11.6 Å². The molecule has 1 aliphatic rings. The Hall–Kier alpha value is -1.99. The molecule has 1 aliphatic heterocycles. The highest BCUT2D eigenvalue weighted by atomic mass is 19.4. The molecule has 8 heteroatoms. The molecule has 0 aliphatic carbocycles. The monoisotopic (exact) mass is 279 g/mol. The van der Waals surface area contributed by atoms with Crippen molar-refractivity contribution in [3.63, 3.8) is 0 Å². The van der Waals surface area contributed by atoms with Crippen molar-refractivity contribution in [2.24, 2.45) is 0 Å². The summed E-state index contributed by atoms with van der Waals surface area (Å²) in [7, 11) is 0. The molecule has 104 valence electrons. The van der Waals surface area contributed by atoms with Crippen LogP contribution in [0.4, 0.5) is 22.4 Å². The number of hydrogen-bond donors (Lipinski definition) is 1. The number of rotatable bonds is 2. The molecular formula is C11H9F4NO3. The van der Waals surface area contributed by atoms with Crippen molar-refractivity contribution in [1.82, 2.24) is 4.90 Å². The first-order valence-corrected chi connectivity index (χ1v) is 5.29. The minimum atomic E-state index is -4.87. The SMILES string of the molecule is O=C(O)N1CC(c2ccc(OC(F)(F)F)cc2F)C1. The molecule has 1 aromatic carbocycles. The van der Waals surface area contributed by atoms with E-state index in [0.29, 0.717) is 6.07 Å². The third-order valence-electron chi connectivity index (χ3n) is 2.80. The van der Waals surface area contributed by atoms with Crippen LogP contribution >= 0.6 is 0 Å².